The molecule has 17 heavy (non-hydrogen) atoms. The lowest BCUT2D eigenvalue weighted by Gasteiger charge is -2.14. The maximum Gasteiger partial charge on any atom is 0.303 e. The number of thioether (sulfide) groups is 2. The van der Waals surface area contributed by atoms with Gasteiger partial charge in [-0.3, -0.25) is 4.79 Å². The van der Waals surface area contributed by atoms with Crippen LogP contribution in [0.4, 0.5) is 5.69 Å². The summed E-state index contributed by atoms with van der Waals surface area (Å²) < 4.78 is 5.29. The summed E-state index contributed by atoms with van der Waals surface area (Å²) in [6.45, 7) is 1.43. The van der Waals surface area contributed by atoms with Crippen molar-refractivity contribution in [3.63, 3.8) is 0 Å². The van der Waals surface area contributed by atoms with Crippen LogP contribution in [0.1, 0.15) is 6.92 Å². The molecule has 1 aliphatic rings. The number of ether oxygens (including phenoxy) is 1. The smallest absolute Gasteiger partial charge is 0.303 e. The number of aliphatic imine (C=N–C) groups is 1. The SMILES string of the molecule is CSC1=Nc2ccccc2SCC1OC(C)=O. The summed E-state index contributed by atoms with van der Waals surface area (Å²) >= 11 is 3.21. The molecule has 5 heteroatoms. The molecule has 0 fully saturated rings. The third kappa shape index (κ3) is 3.04. The van der Waals surface area contributed by atoms with Crippen LogP contribution in [0.15, 0.2) is 34.2 Å². The van der Waals surface area contributed by atoms with Gasteiger partial charge in [-0.15, -0.1) is 23.5 Å². The molecule has 1 aliphatic heterocycles. The van der Waals surface area contributed by atoms with E-state index in [9.17, 15) is 4.79 Å². The fourth-order valence-electron chi connectivity index (χ4n) is 1.56. The van der Waals surface area contributed by atoms with Gasteiger partial charge in [-0.25, -0.2) is 4.99 Å². The molecule has 1 unspecified atom stereocenters. The number of carbonyl (C=O) groups excluding carboxylic acids is 1. The largest absolute Gasteiger partial charge is 0.455 e. The normalized spacial score (nSPS) is 18.9. The number of benzene rings is 1. The molecule has 1 aromatic rings. The van der Waals surface area contributed by atoms with Gasteiger partial charge in [-0.1, -0.05) is 12.1 Å². The molecule has 3 nitrogen and oxygen atoms in total. The minimum atomic E-state index is -0.261. The predicted octanol–water partition coefficient (Wildman–Crippen LogP) is 3.12. The molecule has 0 aliphatic carbocycles. The first-order chi connectivity index (χ1) is 8.20. The Bertz CT molecular complexity index is 460. The van der Waals surface area contributed by atoms with Gasteiger partial charge in [-0.05, 0) is 18.4 Å². The van der Waals surface area contributed by atoms with Gasteiger partial charge in [0.2, 0.25) is 0 Å². The van der Waals surface area contributed by atoms with Gasteiger partial charge >= 0.3 is 5.97 Å². The Morgan fingerprint density at radius 3 is 3.00 bits per heavy atom. The Morgan fingerprint density at radius 1 is 1.53 bits per heavy atom. The predicted molar refractivity (Wildman–Crippen MR) is 73.3 cm³/mol. The topological polar surface area (TPSA) is 38.7 Å². The molecule has 90 valence electrons. The molecular weight excluding hydrogens is 254 g/mol. The summed E-state index contributed by atoms with van der Waals surface area (Å²) in [5, 5.41) is 0.859. The van der Waals surface area contributed by atoms with Crippen LogP contribution in [0.5, 0.6) is 0 Å². The van der Waals surface area contributed by atoms with Crippen LogP contribution in [-0.2, 0) is 9.53 Å². The highest BCUT2D eigenvalue weighted by atomic mass is 32.2. The van der Waals surface area contributed by atoms with Crippen LogP contribution < -0.4 is 0 Å². The number of nitrogens with zero attached hydrogens (tertiary/aromatic N) is 1. The fraction of sp³-hybridized carbons (Fsp3) is 0.333. The summed E-state index contributed by atoms with van der Waals surface area (Å²) in [5.74, 6) is 0.458. The Morgan fingerprint density at radius 2 is 2.29 bits per heavy atom. The number of rotatable bonds is 1. The van der Waals surface area contributed by atoms with Gasteiger partial charge in [-0.2, -0.15) is 0 Å². The summed E-state index contributed by atoms with van der Waals surface area (Å²) in [4.78, 5) is 16.8. The summed E-state index contributed by atoms with van der Waals surface area (Å²) in [5.41, 5.74) is 0.955. The standard InChI is InChI=1S/C12H13NO2S2/c1-8(14)15-10-7-17-11-6-4-3-5-9(11)13-12(10)16-2/h3-6,10H,7H2,1-2H3. The molecule has 1 atom stereocenters. The second kappa shape index (κ2) is 5.60. The molecule has 1 aromatic carbocycles. The zero-order valence-corrected chi connectivity index (χ0v) is 11.3. The van der Waals surface area contributed by atoms with E-state index in [1.165, 1.54) is 18.7 Å². The Labute approximate surface area is 109 Å². The minimum Gasteiger partial charge on any atom is -0.455 e. The van der Waals surface area contributed by atoms with E-state index < -0.39 is 0 Å². The van der Waals surface area contributed by atoms with E-state index in [0.29, 0.717) is 0 Å². The van der Waals surface area contributed by atoms with Crippen molar-refractivity contribution in [2.45, 2.75) is 17.9 Å². The van der Waals surface area contributed by atoms with Crippen molar-refractivity contribution >= 4 is 40.2 Å². The van der Waals surface area contributed by atoms with Crippen LogP contribution in [0.25, 0.3) is 0 Å². The van der Waals surface area contributed by atoms with Crippen molar-refractivity contribution in [2.75, 3.05) is 12.0 Å². The minimum absolute atomic E-state index is 0.236. The highest BCUT2D eigenvalue weighted by Gasteiger charge is 2.23. The van der Waals surface area contributed by atoms with Crippen LogP contribution >= 0.6 is 23.5 Å². The molecule has 2 rings (SSSR count). The third-order valence-electron chi connectivity index (χ3n) is 2.28. The van der Waals surface area contributed by atoms with Crippen LogP contribution in [-0.4, -0.2) is 29.1 Å². The van der Waals surface area contributed by atoms with Crippen LogP contribution in [0, 0.1) is 0 Å². The van der Waals surface area contributed by atoms with E-state index in [4.69, 9.17) is 4.74 Å². The number of fused-ring (bicyclic) bond motifs is 1. The van der Waals surface area contributed by atoms with Crippen molar-refractivity contribution in [3.05, 3.63) is 24.3 Å². The maximum absolute atomic E-state index is 11.1. The average molecular weight is 267 g/mol. The van der Waals surface area contributed by atoms with Crippen molar-refractivity contribution in [1.29, 1.82) is 0 Å². The van der Waals surface area contributed by atoms with Gasteiger partial charge in [0.15, 0.2) is 6.10 Å². The molecule has 0 aromatic heterocycles. The maximum atomic E-state index is 11.1. The molecule has 0 radical (unpaired) electrons. The number of hydrogen-bond donors (Lipinski definition) is 0. The van der Waals surface area contributed by atoms with Crippen molar-refractivity contribution in [1.82, 2.24) is 0 Å². The lowest BCUT2D eigenvalue weighted by Crippen LogP contribution is -2.26. The average Bonchev–Trinajstić information content (AvgIpc) is 2.48. The number of hydrogen-bond acceptors (Lipinski definition) is 5. The molecule has 0 spiro atoms. The van der Waals surface area contributed by atoms with E-state index in [-0.39, 0.29) is 12.1 Å². The Kier molecular flexibility index (Phi) is 4.12. The van der Waals surface area contributed by atoms with Crippen LogP contribution in [0.3, 0.4) is 0 Å². The van der Waals surface area contributed by atoms with E-state index in [2.05, 4.69) is 4.99 Å². The first kappa shape index (κ1) is 12.5. The highest BCUT2D eigenvalue weighted by Crippen LogP contribution is 2.35. The van der Waals surface area contributed by atoms with E-state index in [0.717, 1.165) is 21.4 Å². The van der Waals surface area contributed by atoms with Gasteiger partial charge in [0.05, 0.1) is 5.69 Å². The monoisotopic (exact) mass is 267 g/mol. The summed E-state index contributed by atoms with van der Waals surface area (Å²) in [6.07, 6.45) is 1.72. The highest BCUT2D eigenvalue weighted by molar-refractivity contribution is 8.13. The molecule has 1 heterocycles. The van der Waals surface area contributed by atoms with Gasteiger partial charge in [0, 0.05) is 17.6 Å². The van der Waals surface area contributed by atoms with Crippen molar-refractivity contribution < 1.29 is 9.53 Å². The van der Waals surface area contributed by atoms with Crippen LogP contribution in [0.2, 0.25) is 0 Å². The quantitative estimate of drug-likeness (QED) is 0.733. The second-order valence-electron chi connectivity index (χ2n) is 3.53. The van der Waals surface area contributed by atoms with Crippen molar-refractivity contribution in [3.8, 4) is 0 Å². The fourth-order valence-corrected chi connectivity index (χ4v) is 3.24. The third-order valence-corrected chi connectivity index (χ3v) is 4.18. The summed E-state index contributed by atoms with van der Waals surface area (Å²) in [6, 6.07) is 7.98. The van der Waals surface area contributed by atoms with Gasteiger partial charge in [0.1, 0.15) is 5.04 Å². The zero-order valence-electron chi connectivity index (χ0n) is 9.67. The van der Waals surface area contributed by atoms with Gasteiger partial charge < -0.3 is 4.74 Å². The number of carbonyl (C=O) groups is 1. The lowest BCUT2D eigenvalue weighted by molar-refractivity contribution is -0.142. The first-order valence-corrected chi connectivity index (χ1v) is 7.43. The zero-order chi connectivity index (χ0) is 12.3. The summed E-state index contributed by atoms with van der Waals surface area (Å²) in [7, 11) is 0. The first-order valence-electron chi connectivity index (χ1n) is 5.22. The molecule has 0 saturated carbocycles. The Balaban J connectivity index is 2.31. The second-order valence-corrected chi connectivity index (χ2v) is 5.42. The number of esters is 1. The molecule has 0 saturated heterocycles. The number of para-hydroxylation sites is 1. The molecular formula is C12H13NO2S2. The van der Waals surface area contributed by atoms with E-state index in [1.807, 2.05) is 30.5 Å². The van der Waals surface area contributed by atoms with E-state index in [1.54, 1.807) is 11.8 Å². The Hall–Kier alpha value is -0.940. The molecule has 0 bridgehead atoms. The lowest BCUT2D eigenvalue weighted by atomic mass is 10.3. The van der Waals surface area contributed by atoms with Crippen molar-refractivity contribution in [2.24, 2.45) is 4.99 Å². The molecule has 0 amide bonds. The molecule has 0 N–H and O–H groups in total. The van der Waals surface area contributed by atoms with E-state index >= 15 is 0 Å². The van der Waals surface area contributed by atoms with Gasteiger partial charge in [0.25, 0.3) is 0 Å².